The molecule has 0 saturated heterocycles. The summed E-state index contributed by atoms with van der Waals surface area (Å²) in [5, 5.41) is 4.10. The van der Waals surface area contributed by atoms with Crippen LogP contribution in [0.15, 0.2) is 59.7 Å². The maximum atomic E-state index is 12.3. The number of carbonyl (C=O) groups excluding carboxylic acids is 2. The lowest BCUT2D eigenvalue weighted by Gasteiger charge is -2.11. The highest BCUT2D eigenvalue weighted by molar-refractivity contribution is 5.95. The monoisotopic (exact) mass is 419 g/mol. The number of ether oxygens (including phenoxy) is 2. The van der Waals surface area contributed by atoms with Crippen molar-refractivity contribution < 1.29 is 19.1 Å². The van der Waals surface area contributed by atoms with Crippen LogP contribution in [0.25, 0.3) is 5.69 Å². The topological polar surface area (TPSA) is 81.9 Å². The maximum absolute atomic E-state index is 12.3. The molecule has 0 unspecified atom stereocenters. The van der Waals surface area contributed by atoms with Crippen LogP contribution in [0, 0.1) is 13.8 Å². The number of amides is 1. The molecule has 31 heavy (non-hydrogen) atoms. The van der Waals surface area contributed by atoms with Crippen LogP contribution in [0.5, 0.6) is 5.75 Å². The number of hydrogen-bond acceptors (Lipinski definition) is 5. The van der Waals surface area contributed by atoms with Crippen LogP contribution in [0.2, 0.25) is 0 Å². The summed E-state index contributed by atoms with van der Waals surface area (Å²) < 4.78 is 12.3. The van der Waals surface area contributed by atoms with Crippen LogP contribution < -0.4 is 10.2 Å². The van der Waals surface area contributed by atoms with Crippen molar-refractivity contribution in [1.29, 1.82) is 0 Å². The van der Waals surface area contributed by atoms with E-state index < -0.39 is 0 Å². The molecule has 7 nitrogen and oxygen atoms in total. The number of esters is 1. The number of rotatable bonds is 7. The largest absolute Gasteiger partial charge is 0.497 e. The van der Waals surface area contributed by atoms with E-state index in [0.29, 0.717) is 23.5 Å². The highest BCUT2D eigenvalue weighted by atomic mass is 16.5. The molecule has 0 saturated carbocycles. The van der Waals surface area contributed by atoms with E-state index in [2.05, 4.69) is 10.5 Å². The molecule has 160 valence electrons. The van der Waals surface area contributed by atoms with E-state index in [1.165, 1.54) is 0 Å². The maximum Gasteiger partial charge on any atom is 0.338 e. The van der Waals surface area contributed by atoms with Gasteiger partial charge in [0, 0.05) is 28.2 Å². The van der Waals surface area contributed by atoms with Crippen molar-refractivity contribution in [3.05, 3.63) is 82.7 Å². The molecule has 0 fully saturated rings. The standard InChI is InChI=1S/C24H25N3O4/c1-5-31-24(29)19-9-6-10-21(13-19)27-16(2)12-20(17(27)3)15-25-26-23(28)18-8-7-11-22(14-18)30-4/h6-15H,5H2,1-4H3,(H,26,28)/b25-15-. The fourth-order valence-corrected chi connectivity index (χ4v) is 3.29. The van der Waals surface area contributed by atoms with E-state index in [1.807, 2.05) is 36.6 Å². The Labute approximate surface area is 181 Å². The third kappa shape index (κ3) is 5.01. The Morgan fingerprint density at radius 1 is 1.06 bits per heavy atom. The average molecular weight is 419 g/mol. The number of nitrogens with zero attached hydrogens (tertiary/aromatic N) is 2. The minimum Gasteiger partial charge on any atom is -0.497 e. The van der Waals surface area contributed by atoms with E-state index in [4.69, 9.17) is 9.47 Å². The van der Waals surface area contributed by atoms with Gasteiger partial charge in [0.25, 0.3) is 5.91 Å². The summed E-state index contributed by atoms with van der Waals surface area (Å²) in [6.07, 6.45) is 1.60. The SMILES string of the molecule is CCOC(=O)c1cccc(-n2c(C)cc(/C=N\NC(=O)c3cccc(OC)c3)c2C)c1. The number of benzene rings is 2. The molecule has 0 radical (unpaired) electrons. The quantitative estimate of drug-likeness (QED) is 0.356. The Hall–Kier alpha value is -3.87. The zero-order chi connectivity index (χ0) is 22.4. The van der Waals surface area contributed by atoms with Crippen LogP contribution >= 0.6 is 0 Å². The Morgan fingerprint density at radius 2 is 1.81 bits per heavy atom. The van der Waals surface area contributed by atoms with Gasteiger partial charge in [-0.1, -0.05) is 12.1 Å². The lowest BCUT2D eigenvalue weighted by atomic mass is 10.2. The molecule has 1 N–H and O–H groups in total. The predicted octanol–water partition coefficient (Wildman–Crippen LogP) is 4.04. The Kier molecular flexibility index (Phi) is 6.87. The first-order valence-corrected chi connectivity index (χ1v) is 9.88. The van der Waals surface area contributed by atoms with E-state index in [1.54, 1.807) is 56.6 Å². The van der Waals surface area contributed by atoms with Gasteiger partial charge in [0.15, 0.2) is 0 Å². The first-order chi connectivity index (χ1) is 14.9. The molecule has 0 spiro atoms. The van der Waals surface area contributed by atoms with Crippen LogP contribution in [0.1, 0.15) is 44.6 Å². The third-order valence-corrected chi connectivity index (χ3v) is 4.79. The van der Waals surface area contributed by atoms with Crippen LogP contribution in [-0.2, 0) is 4.74 Å². The molecule has 3 aromatic rings. The van der Waals surface area contributed by atoms with Crippen molar-refractivity contribution in [2.45, 2.75) is 20.8 Å². The average Bonchev–Trinajstić information content (AvgIpc) is 3.06. The van der Waals surface area contributed by atoms with Gasteiger partial charge in [0.2, 0.25) is 0 Å². The number of aromatic nitrogens is 1. The van der Waals surface area contributed by atoms with Crippen LogP contribution in [0.3, 0.4) is 0 Å². The lowest BCUT2D eigenvalue weighted by molar-refractivity contribution is 0.0526. The van der Waals surface area contributed by atoms with Gasteiger partial charge in [0.1, 0.15) is 5.75 Å². The molecular weight excluding hydrogens is 394 g/mol. The minimum atomic E-state index is -0.353. The van der Waals surface area contributed by atoms with E-state index in [0.717, 1.165) is 22.6 Å². The zero-order valence-electron chi connectivity index (χ0n) is 18.0. The highest BCUT2D eigenvalue weighted by Gasteiger charge is 2.13. The van der Waals surface area contributed by atoms with Gasteiger partial charge < -0.3 is 14.0 Å². The van der Waals surface area contributed by atoms with Crippen molar-refractivity contribution >= 4 is 18.1 Å². The molecule has 0 aliphatic rings. The van der Waals surface area contributed by atoms with E-state index >= 15 is 0 Å². The fraction of sp³-hybridized carbons (Fsp3) is 0.208. The summed E-state index contributed by atoms with van der Waals surface area (Å²) in [7, 11) is 1.55. The minimum absolute atomic E-state index is 0.326. The zero-order valence-corrected chi connectivity index (χ0v) is 18.0. The summed E-state index contributed by atoms with van der Waals surface area (Å²) >= 11 is 0. The highest BCUT2D eigenvalue weighted by Crippen LogP contribution is 2.21. The molecule has 0 aliphatic carbocycles. The Morgan fingerprint density at radius 3 is 2.55 bits per heavy atom. The van der Waals surface area contributed by atoms with Crippen molar-refractivity contribution in [3.8, 4) is 11.4 Å². The number of nitrogens with one attached hydrogen (secondary N) is 1. The second-order valence-corrected chi connectivity index (χ2v) is 6.86. The van der Waals surface area contributed by atoms with Crippen molar-refractivity contribution in [2.24, 2.45) is 5.10 Å². The summed E-state index contributed by atoms with van der Waals surface area (Å²) in [6, 6.07) is 16.1. The van der Waals surface area contributed by atoms with Crippen molar-refractivity contribution in [2.75, 3.05) is 13.7 Å². The smallest absolute Gasteiger partial charge is 0.338 e. The van der Waals surface area contributed by atoms with Crippen molar-refractivity contribution in [3.63, 3.8) is 0 Å². The van der Waals surface area contributed by atoms with Crippen molar-refractivity contribution in [1.82, 2.24) is 9.99 Å². The van der Waals surface area contributed by atoms with Gasteiger partial charge >= 0.3 is 5.97 Å². The normalized spacial score (nSPS) is 10.8. The molecule has 3 rings (SSSR count). The lowest BCUT2D eigenvalue weighted by Crippen LogP contribution is -2.17. The Bertz CT molecular complexity index is 1130. The van der Waals surface area contributed by atoms with Gasteiger partial charge in [-0.15, -0.1) is 0 Å². The predicted molar refractivity (Wildman–Crippen MR) is 119 cm³/mol. The summed E-state index contributed by atoms with van der Waals surface area (Å²) in [5.74, 6) is -0.0785. The Balaban J connectivity index is 1.79. The molecule has 1 amide bonds. The molecule has 7 heteroatoms. The van der Waals surface area contributed by atoms with Gasteiger partial charge in [0.05, 0.1) is 25.5 Å². The summed E-state index contributed by atoms with van der Waals surface area (Å²) in [4.78, 5) is 24.4. The summed E-state index contributed by atoms with van der Waals surface area (Å²) in [5.41, 5.74) is 7.09. The molecule has 2 aromatic carbocycles. The van der Waals surface area contributed by atoms with Crippen LogP contribution in [-0.4, -0.2) is 36.4 Å². The number of hydrogen-bond donors (Lipinski definition) is 1. The number of carbonyl (C=O) groups is 2. The fourth-order valence-electron chi connectivity index (χ4n) is 3.29. The molecular formula is C24H25N3O4. The van der Waals surface area contributed by atoms with E-state index in [-0.39, 0.29) is 11.9 Å². The number of hydrazone groups is 1. The molecule has 1 aromatic heterocycles. The van der Waals surface area contributed by atoms with Crippen LogP contribution in [0.4, 0.5) is 0 Å². The van der Waals surface area contributed by atoms with E-state index in [9.17, 15) is 9.59 Å². The summed E-state index contributed by atoms with van der Waals surface area (Å²) in [6.45, 7) is 6.03. The first-order valence-electron chi connectivity index (χ1n) is 9.88. The molecule has 0 aliphatic heterocycles. The van der Waals surface area contributed by atoms with Gasteiger partial charge in [-0.05, 0) is 63.2 Å². The number of methoxy groups -OCH3 is 1. The molecule has 0 atom stereocenters. The van der Waals surface area contributed by atoms with Gasteiger partial charge in [-0.25, -0.2) is 10.2 Å². The molecule has 1 heterocycles. The molecule has 0 bridgehead atoms. The van der Waals surface area contributed by atoms with Gasteiger partial charge in [-0.3, -0.25) is 4.79 Å². The first kappa shape index (κ1) is 21.8. The number of aryl methyl sites for hydroxylation is 1. The third-order valence-electron chi connectivity index (χ3n) is 4.79. The second-order valence-electron chi connectivity index (χ2n) is 6.86. The van der Waals surface area contributed by atoms with Gasteiger partial charge in [-0.2, -0.15) is 5.10 Å². The second kappa shape index (κ2) is 9.75.